The van der Waals surface area contributed by atoms with Gasteiger partial charge in [-0.15, -0.1) is 0 Å². The second-order valence-corrected chi connectivity index (χ2v) is 6.18. The molecule has 0 radical (unpaired) electrons. The first kappa shape index (κ1) is 13.3. The van der Waals surface area contributed by atoms with Gasteiger partial charge in [0.1, 0.15) is 0 Å². The summed E-state index contributed by atoms with van der Waals surface area (Å²) in [5.74, 6) is 0.562. The van der Waals surface area contributed by atoms with Crippen molar-refractivity contribution in [2.75, 3.05) is 0 Å². The Labute approximate surface area is 120 Å². The molecular formula is C18H22O2. The highest BCUT2D eigenvalue weighted by Gasteiger charge is 2.24. The van der Waals surface area contributed by atoms with E-state index in [4.69, 9.17) is 0 Å². The number of aromatic hydroxyl groups is 2. The van der Waals surface area contributed by atoms with Gasteiger partial charge < -0.3 is 10.2 Å². The maximum absolute atomic E-state index is 9.63. The third-order valence-corrected chi connectivity index (χ3v) is 4.66. The molecule has 0 amide bonds. The predicted molar refractivity (Wildman–Crippen MR) is 80.8 cm³/mol. The molecule has 0 bridgehead atoms. The molecule has 0 fully saturated rings. The minimum atomic E-state index is -0.0338. The average Bonchev–Trinajstić information content (AvgIpc) is 2.43. The lowest BCUT2D eigenvalue weighted by Gasteiger charge is -2.31. The third kappa shape index (κ3) is 2.60. The molecule has 2 N–H and O–H groups in total. The second-order valence-electron chi connectivity index (χ2n) is 6.18. The maximum atomic E-state index is 9.63. The van der Waals surface area contributed by atoms with Crippen LogP contribution in [-0.2, 0) is 6.42 Å². The Balaban J connectivity index is 1.80. The molecule has 20 heavy (non-hydrogen) atoms. The van der Waals surface area contributed by atoms with Crippen LogP contribution >= 0.6 is 0 Å². The fourth-order valence-electron chi connectivity index (χ4n) is 3.60. The summed E-state index contributed by atoms with van der Waals surface area (Å²) in [7, 11) is 0. The lowest BCUT2D eigenvalue weighted by atomic mass is 9.74. The summed E-state index contributed by atoms with van der Waals surface area (Å²) in [4.78, 5) is 0. The molecule has 0 saturated heterocycles. The number of phenols is 2. The SMILES string of the molecule is CC1=CCC2=C(CCCC2Cc2ccc(O)c(O)c2)C1. The van der Waals surface area contributed by atoms with Crippen LogP contribution in [0.1, 0.15) is 44.6 Å². The number of benzene rings is 1. The van der Waals surface area contributed by atoms with E-state index in [1.54, 1.807) is 23.3 Å². The van der Waals surface area contributed by atoms with Crippen LogP contribution in [0.3, 0.4) is 0 Å². The second kappa shape index (κ2) is 5.35. The first-order valence-electron chi connectivity index (χ1n) is 7.51. The quantitative estimate of drug-likeness (QED) is 0.614. The molecule has 2 heteroatoms. The van der Waals surface area contributed by atoms with Crippen LogP contribution < -0.4 is 0 Å². The molecule has 0 aliphatic heterocycles. The van der Waals surface area contributed by atoms with Gasteiger partial charge in [-0.3, -0.25) is 0 Å². The van der Waals surface area contributed by atoms with Crippen LogP contribution in [0.15, 0.2) is 41.0 Å². The molecule has 1 aromatic carbocycles. The van der Waals surface area contributed by atoms with Crippen LogP contribution in [0.25, 0.3) is 0 Å². The van der Waals surface area contributed by atoms with Gasteiger partial charge in [0, 0.05) is 0 Å². The first-order chi connectivity index (χ1) is 9.63. The van der Waals surface area contributed by atoms with Gasteiger partial charge in [0.05, 0.1) is 0 Å². The maximum Gasteiger partial charge on any atom is 0.157 e. The zero-order valence-corrected chi connectivity index (χ0v) is 12.0. The van der Waals surface area contributed by atoms with Crippen molar-refractivity contribution in [1.29, 1.82) is 0 Å². The number of rotatable bonds is 2. The van der Waals surface area contributed by atoms with Crippen LogP contribution in [0.2, 0.25) is 0 Å². The van der Waals surface area contributed by atoms with Crippen molar-refractivity contribution in [2.24, 2.45) is 5.92 Å². The highest BCUT2D eigenvalue weighted by molar-refractivity contribution is 5.41. The summed E-state index contributed by atoms with van der Waals surface area (Å²) in [6, 6.07) is 5.22. The van der Waals surface area contributed by atoms with E-state index in [9.17, 15) is 10.2 Å². The molecule has 3 rings (SSSR count). The molecule has 0 heterocycles. The Morgan fingerprint density at radius 2 is 2.05 bits per heavy atom. The van der Waals surface area contributed by atoms with Crippen LogP contribution in [-0.4, -0.2) is 10.2 Å². The molecule has 2 aliphatic rings. The summed E-state index contributed by atoms with van der Waals surface area (Å²) >= 11 is 0. The summed E-state index contributed by atoms with van der Waals surface area (Å²) in [5, 5.41) is 19.0. The minimum absolute atomic E-state index is 0.00750. The molecule has 1 aromatic rings. The van der Waals surface area contributed by atoms with Gasteiger partial charge in [0.2, 0.25) is 0 Å². The van der Waals surface area contributed by atoms with Gasteiger partial charge in [-0.05, 0) is 69.1 Å². The Kier molecular flexibility index (Phi) is 3.56. The molecule has 0 aromatic heterocycles. The average molecular weight is 270 g/mol. The summed E-state index contributed by atoms with van der Waals surface area (Å²) in [6.45, 7) is 2.23. The summed E-state index contributed by atoms with van der Waals surface area (Å²) < 4.78 is 0. The highest BCUT2D eigenvalue weighted by atomic mass is 16.3. The van der Waals surface area contributed by atoms with Crippen LogP contribution in [0.4, 0.5) is 0 Å². The monoisotopic (exact) mass is 270 g/mol. The normalized spacial score (nSPS) is 22.4. The van der Waals surface area contributed by atoms with E-state index < -0.39 is 0 Å². The van der Waals surface area contributed by atoms with Gasteiger partial charge in [0.15, 0.2) is 11.5 Å². The standard InChI is InChI=1S/C18H22O2/c1-12-5-7-16-14(9-12)3-2-4-15(16)10-13-6-8-17(19)18(20)11-13/h5-6,8,11,15,19-20H,2-4,7,9-10H2,1H3. The number of hydrogen-bond acceptors (Lipinski definition) is 2. The van der Waals surface area contributed by atoms with E-state index >= 15 is 0 Å². The fraction of sp³-hybridized carbons (Fsp3) is 0.444. The van der Waals surface area contributed by atoms with E-state index in [0.717, 1.165) is 24.8 Å². The van der Waals surface area contributed by atoms with Gasteiger partial charge in [-0.1, -0.05) is 28.9 Å². The Morgan fingerprint density at radius 1 is 1.20 bits per heavy atom. The molecule has 0 saturated carbocycles. The van der Waals surface area contributed by atoms with Crippen LogP contribution in [0.5, 0.6) is 11.5 Å². The smallest absolute Gasteiger partial charge is 0.157 e. The topological polar surface area (TPSA) is 40.5 Å². The van der Waals surface area contributed by atoms with E-state index in [1.165, 1.54) is 24.8 Å². The first-order valence-corrected chi connectivity index (χ1v) is 7.51. The number of allylic oxidation sites excluding steroid dienone is 4. The molecular weight excluding hydrogens is 248 g/mol. The lowest BCUT2D eigenvalue weighted by Crippen LogP contribution is -2.17. The van der Waals surface area contributed by atoms with Crippen molar-refractivity contribution in [3.8, 4) is 11.5 Å². The number of hydrogen-bond donors (Lipinski definition) is 2. The van der Waals surface area contributed by atoms with Crippen molar-refractivity contribution < 1.29 is 10.2 Å². The zero-order chi connectivity index (χ0) is 14.1. The van der Waals surface area contributed by atoms with Crippen molar-refractivity contribution in [3.05, 3.63) is 46.6 Å². The van der Waals surface area contributed by atoms with Gasteiger partial charge >= 0.3 is 0 Å². The van der Waals surface area contributed by atoms with Gasteiger partial charge in [-0.2, -0.15) is 0 Å². The summed E-state index contributed by atoms with van der Waals surface area (Å²) in [6.07, 6.45) is 9.39. The van der Waals surface area contributed by atoms with E-state index in [2.05, 4.69) is 13.0 Å². The third-order valence-electron chi connectivity index (χ3n) is 4.66. The predicted octanol–water partition coefficient (Wildman–Crippen LogP) is 4.48. The Bertz CT molecular complexity index is 581. The van der Waals surface area contributed by atoms with Crippen molar-refractivity contribution >= 4 is 0 Å². The zero-order valence-electron chi connectivity index (χ0n) is 12.0. The van der Waals surface area contributed by atoms with Crippen LogP contribution in [0, 0.1) is 5.92 Å². The molecule has 1 unspecified atom stereocenters. The minimum Gasteiger partial charge on any atom is -0.504 e. The van der Waals surface area contributed by atoms with Crippen molar-refractivity contribution in [3.63, 3.8) is 0 Å². The highest BCUT2D eigenvalue weighted by Crippen LogP contribution is 2.40. The lowest BCUT2D eigenvalue weighted by molar-refractivity contribution is 0.402. The van der Waals surface area contributed by atoms with E-state index in [1.807, 2.05) is 6.07 Å². The van der Waals surface area contributed by atoms with Crippen molar-refractivity contribution in [1.82, 2.24) is 0 Å². The van der Waals surface area contributed by atoms with Gasteiger partial charge in [-0.25, -0.2) is 0 Å². The van der Waals surface area contributed by atoms with E-state index in [0.29, 0.717) is 5.92 Å². The molecule has 0 spiro atoms. The van der Waals surface area contributed by atoms with Gasteiger partial charge in [0.25, 0.3) is 0 Å². The molecule has 106 valence electrons. The molecule has 2 aliphatic carbocycles. The largest absolute Gasteiger partial charge is 0.504 e. The van der Waals surface area contributed by atoms with E-state index in [-0.39, 0.29) is 11.5 Å². The summed E-state index contributed by atoms with van der Waals surface area (Å²) in [5.41, 5.74) is 5.91. The molecule has 2 nitrogen and oxygen atoms in total. The van der Waals surface area contributed by atoms with Crippen molar-refractivity contribution in [2.45, 2.75) is 45.4 Å². The fourth-order valence-corrected chi connectivity index (χ4v) is 3.60. The molecule has 1 atom stereocenters. The Hall–Kier alpha value is -1.70. The Morgan fingerprint density at radius 3 is 2.85 bits per heavy atom. The number of phenolic OH excluding ortho intramolecular Hbond substituents is 2.